The van der Waals surface area contributed by atoms with E-state index in [-0.39, 0.29) is 22.2 Å². The molecule has 4 N–H and O–H groups in total. The molecule has 0 bridgehead atoms. The quantitative estimate of drug-likeness (QED) is 0.326. The molecule has 0 atom stereocenters. The van der Waals surface area contributed by atoms with Crippen LogP contribution in [0.4, 0.5) is 19.0 Å². The van der Waals surface area contributed by atoms with Crippen molar-refractivity contribution >= 4 is 35.0 Å². The molecule has 0 saturated carbocycles. The number of amidine groups is 1. The summed E-state index contributed by atoms with van der Waals surface area (Å²) in [4.78, 5) is 18.8. The number of carbonyl (C=O) groups is 1. The molecule has 0 aromatic carbocycles. The van der Waals surface area contributed by atoms with Gasteiger partial charge < -0.3 is 20.5 Å². The molecular weight excluding hydrogens is 411 g/mol. The van der Waals surface area contributed by atoms with Crippen molar-refractivity contribution in [3.63, 3.8) is 0 Å². The average molecular weight is 427 g/mol. The van der Waals surface area contributed by atoms with Crippen LogP contribution in [0.15, 0.2) is 30.6 Å². The number of aromatic nitrogens is 2. The lowest BCUT2D eigenvalue weighted by molar-refractivity contribution is -0.139. The first-order valence-electron chi connectivity index (χ1n) is 8.08. The summed E-state index contributed by atoms with van der Waals surface area (Å²) >= 11 is 4.98. The Morgan fingerprint density at radius 1 is 1.34 bits per heavy atom. The standard InChI is InChI=1S/C17H16F3N5O3S/c1-8(2)28-12-7-23-11(6-10(12)17(18,19)20)13(21)24-16(29)25-14-9(15(26)27)4-3-5-22-14/h3-8H,1-2H3,(H,26,27)(H3,21,22,24,25,29). The van der Waals surface area contributed by atoms with E-state index in [9.17, 15) is 18.0 Å². The fourth-order valence-electron chi connectivity index (χ4n) is 2.14. The van der Waals surface area contributed by atoms with Crippen LogP contribution in [0.25, 0.3) is 0 Å². The highest BCUT2D eigenvalue weighted by molar-refractivity contribution is 7.80. The molecular formula is C17H16F3N5O3S. The van der Waals surface area contributed by atoms with Gasteiger partial charge >= 0.3 is 12.1 Å². The van der Waals surface area contributed by atoms with Gasteiger partial charge in [-0.2, -0.15) is 13.2 Å². The summed E-state index contributed by atoms with van der Waals surface area (Å²) in [5.74, 6) is -2.33. The van der Waals surface area contributed by atoms with Gasteiger partial charge in [-0.1, -0.05) is 0 Å². The Morgan fingerprint density at radius 2 is 2.03 bits per heavy atom. The number of nitrogens with zero attached hydrogens (tertiary/aromatic N) is 2. The summed E-state index contributed by atoms with van der Waals surface area (Å²) in [6.45, 7) is 3.15. The van der Waals surface area contributed by atoms with Crippen LogP contribution in [0, 0.1) is 5.41 Å². The second-order valence-electron chi connectivity index (χ2n) is 5.89. The Hall–Kier alpha value is -3.28. The first kappa shape index (κ1) is 22.0. The van der Waals surface area contributed by atoms with Crippen LogP contribution in [0.1, 0.15) is 35.5 Å². The maximum Gasteiger partial charge on any atom is 0.420 e. The van der Waals surface area contributed by atoms with E-state index in [0.717, 1.165) is 6.20 Å². The molecule has 0 unspecified atom stereocenters. The van der Waals surface area contributed by atoms with Crippen molar-refractivity contribution in [2.45, 2.75) is 26.1 Å². The lowest BCUT2D eigenvalue weighted by Crippen LogP contribution is -2.35. The van der Waals surface area contributed by atoms with Crippen molar-refractivity contribution in [2.24, 2.45) is 0 Å². The first-order chi connectivity index (χ1) is 13.5. The fourth-order valence-corrected chi connectivity index (χ4v) is 2.34. The molecule has 0 aliphatic heterocycles. The number of anilines is 1. The normalized spacial score (nSPS) is 11.1. The Kier molecular flexibility index (Phi) is 6.69. The number of carboxylic acid groups (broad SMARTS) is 1. The van der Waals surface area contributed by atoms with E-state index in [0.29, 0.717) is 6.07 Å². The highest BCUT2D eigenvalue weighted by atomic mass is 32.1. The van der Waals surface area contributed by atoms with Crippen LogP contribution in [-0.4, -0.2) is 38.1 Å². The summed E-state index contributed by atoms with van der Waals surface area (Å²) in [5.41, 5.74) is -1.59. The Balaban J connectivity index is 2.20. The molecule has 0 amide bonds. The molecule has 29 heavy (non-hydrogen) atoms. The molecule has 12 heteroatoms. The molecule has 8 nitrogen and oxygen atoms in total. The molecule has 0 saturated heterocycles. The zero-order valence-electron chi connectivity index (χ0n) is 15.2. The third kappa shape index (κ3) is 5.85. The predicted molar refractivity (Wildman–Crippen MR) is 102 cm³/mol. The van der Waals surface area contributed by atoms with E-state index in [1.165, 1.54) is 18.3 Å². The highest BCUT2D eigenvalue weighted by Gasteiger charge is 2.35. The van der Waals surface area contributed by atoms with Crippen molar-refractivity contribution in [1.29, 1.82) is 5.41 Å². The smallest absolute Gasteiger partial charge is 0.420 e. The number of aromatic carboxylic acids is 1. The minimum absolute atomic E-state index is 0.0880. The number of hydrogen-bond acceptors (Lipinski definition) is 6. The van der Waals surface area contributed by atoms with Gasteiger partial charge in [-0.15, -0.1) is 0 Å². The fraction of sp³-hybridized carbons (Fsp3) is 0.235. The monoisotopic (exact) mass is 427 g/mol. The molecule has 0 spiro atoms. The zero-order chi connectivity index (χ0) is 21.8. The van der Waals surface area contributed by atoms with Gasteiger partial charge in [-0.05, 0) is 44.3 Å². The van der Waals surface area contributed by atoms with Crippen LogP contribution >= 0.6 is 12.2 Å². The number of halogens is 3. The largest absolute Gasteiger partial charge is 0.489 e. The van der Waals surface area contributed by atoms with Gasteiger partial charge in [-0.3, -0.25) is 5.41 Å². The summed E-state index contributed by atoms with van der Waals surface area (Å²) in [7, 11) is 0. The van der Waals surface area contributed by atoms with Crippen molar-refractivity contribution < 1.29 is 27.8 Å². The third-order valence-corrected chi connectivity index (χ3v) is 3.50. The summed E-state index contributed by atoms with van der Waals surface area (Å²) in [6.07, 6.45) is -3.01. The summed E-state index contributed by atoms with van der Waals surface area (Å²) in [6, 6.07) is 3.37. The van der Waals surface area contributed by atoms with Crippen LogP contribution < -0.4 is 15.4 Å². The van der Waals surface area contributed by atoms with E-state index >= 15 is 0 Å². The molecule has 2 rings (SSSR count). The summed E-state index contributed by atoms with van der Waals surface area (Å²) in [5, 5.41) is 21.6. The van der Waals surface area contributed by atoms with E-state index in [1.807, 2.05) is 0 Å². The maximum atomic E-state index is 13.3. The number of alkyl halides is 3. The molecule has 2 heterocycles. The average Bonchev–Trinajstić information content (AvgIpc) is 2.60. The highest BCUT2D eigenvalue weighted by Crippen LogP contribution is 2.36. The summed E-state index contributed by atoms with van der Waals surface area (Å²) < 4.78 is 45.1. The molecule has 0 radical (unpaired) electrons. The third-order valence-electron chi connectivity index (χ3n) is 3.30. The van der Waals surface area contributed by atoms with Gasteiger partial charge in [0.2, 0.25) is 0 Å². The van der Waals surface area contributed by atoms with Gasteiger partial charge in [-0.25, -0.2) is 14.8 Å². The topological polar surface area (TPSA) is 120 Å². The molecule has 2 aromatic heterocycles. The second-order valence-corrected chi connectivity index (χ2v) is 6.30. The first-order valence-corrected chi connectivity index (χ1v) is 8.49. The van der Waals surface area contributed by atoms with E-state index in [1.54, 1.807) is 13.8 Å². The van der Waals surface area contributed by atoms with Gasteiger partial charge in [0.25, 0.3) is 0 Å². The number of pyridine rings is 2. The Morgan fingerprint density at radius 3 is 2.62 bits per heavy atom. The van der Waals surface area contributed by atoms with Gasteiger partial charge in [0.05, 0.1) is 12.3 Å². The number of carboxylic acids is 1. The molecule has 0 fully saturated rings. The van der Waals surface area contributed by atoms with Crippen molar-refractivity contribution in [3.8, 4) is 5.75 Å². The number of rotatable bonds is 5. The van der Waals surface area contributed by atoms with Crippen LogP contribution in [-0.2, 0) is 6.18 Å². The van der Waals surface area contributed by atoms with Crippen LogP contribution in [0.3, 0.4) is 0 Å². The number of ether oxygens (including phenoxy) is 1. The molecule has 154 valence electrons. The van der Waals surface area contributed by atoms with Crippen molar-refractivity contribution in [3.05, 3.63) is 47.4 Å². The van der Waals surface area contributed by atoms with Crippen molar-refractivity contribution in [2.75, 3.05) is 5.32 Å². The van der Waals surface area contributed by atoms with Gasteiger partial charge in [0.15, 0.2) is 10.9 Å². The van der Waals surface area contributed by atoms with Crippen LogP contribution in [0.5, 0.6) is 5.75 Å². The Bertz CT molecular complexity index is 950. The van der Waals surface area contributed by atoms with E-state index < -0.39 is 35.4 Å². The maximum absolute atomic E-state index is 13.3. The molecule has 2 aromatic rings. The van der Waals surface area contributed by atoms with Gasteiger partial charge in [0, 0.05) is 6.20 Å². The predicted octanol–water partition coefficient (Wildman–Crippen LogP) is 3.29. The molecule has 0 aliphatic carbocycles. The van der Waals surface area contributed by atoms with Gasteiger partial charge in [0.1, 0.15) is 28.4 Å². The van der Waals surface area contributed by atoms with E-state index in [4.69, 9.17) is 27.5 Å². The second kappa shape index (κ2) is 8.82. The van der Waals surface area contributed by atoms with Crippen molar-refractivity contribution in [1.82, 2.24) is 15.3 Å². The van der Waals surface area contributed by atoms with E-state index in [2.05, 4.69) is 20.6 Å². The SMILES string of the molecule is CC(C)Oc1cnc(C(=N)NC(=S)Nc2ncccc2C(=O)O)cc1C(F)(F)F. The zero-order valence-corrected chi connectivity index (χ0v) is 16.0. The lowest BCUT2D eigenvalue weighted by Gasteiger charge is -2.17. The molecule has 0 aliphatic rings. The number of thiocarbonyl (C=S) groups is 1. The Labute approximate surface area is 168 Å². The number of nitrogens with one attached hydrogen (secondary N) is 3. The minimum atomic E-state index is -4.72. The number of hydrogen-bond donors (Lipinski definition) is 4. The minimum Gasteiger partial charge on any atom is -0.489 e. The van der Waals surface area contributed by atoms with Crippen LogP contribution in [0.2, 0.25) is 0 Å². The lowest BCUT2D eigenvalue weighted by atomic mass is 10.2.